The van der Waals surface area contributed by atoms with E-state index in [4.69, 9.17) is 9.15 Å². The van der Waals surface area contributed by atoms with Crippen molar-refractivity contribution in [2.45, 2.75) is 57.5 Å². The number of ketones is 1. The number of anilines is 1. The van der Waals surface area contributed by atoms with Gasteiger partial charge >= 0.3 is 5.63 Å². The Bertz CT molecular complexity index is 1040. The van der Waals surface area contributed by atoms with Crippen LogP contribution in [-0.4, -0.2) is 31.6 Å². The number of carbonyl (C=O) groups excluding carboxylic acids is 1. The number of hydrogen-bond donors (Lipinski definition) is 0. The molecule has 0 bridgehead atoms. The molecule has 2 aromatic rings. The topological polar surface area (TPSA) is 63.1 Å². The van der Waals surface area contributed by atoms with E-state index in [9.17, 15) is 9.59 Å². The Balaban J connectivity index is 1.86. The van der Waals surface area contributed by atoms with Gasteiger partial charge in [0.2, 0.25) is 5.78 Å². The smallest absolute Gasteiger partial charge is 0.347 e. The molecular formula is C22H25NO4. The highest BCUT2D eigenvalue weighted by Crippen LogP contribution is 2.51. The van der Waals surface area contributed by atoms with Crippen LogP contribution in [0.3, 0.4) is 0 Å². The van der Waals surface area contributed by atoms with E-state index in [2.05, 4.69) is 38.7 Å². The minimum atomic E-state index is -0.554. The van der Waals surface area contributed by atoms with Gasteiger partial charge in [0.05, 0.1) is 6.61 Å². The monoisotopic (exact) mass is 367 g/mol. The van der Waals surface area contributed by atoms with E-state index in [0.717, 1.165) is 36.9 Å². The number of epoxide rings is 1. The van der Waals surface area contributed by atoms with Crippen molar-refractivity contribution in [2.75, 3.05) is 24.6 Å². The second kappa shape index (κ2) is 5.22. The molecule has 0 radical (unpaired) electrons. The summed E-state index contributed by atoms with van der Waals surface area (Å²) < 4.78 is 10.9. The van der Waals surface area contributed by atoms with Crippen LogP contribution in [0.5, 0.6) is 0 Å². The van der Waals surface area contributed by atoms with Crippen molar-refractivity contribution >= 4 is 22.4 Å². The second-order valence-electron chi connectivity index (χ2n) is 9.45. The second-order valence-corrected chi connectivity index (χ2v) is 9.45. The zero-order valence-corrected chi connectivity index (χ0v) is 16.3. The maximum Gasteiger partial charge on any atom is 0.347 e. The summed E-state index contributed by atoms with van der Waals surface area (Å²) in [5.74, 6) is -0.267. The highest BCUT2D eigenvalue weighted by Gasteiger charge is 2.42. The summed E-state index contributed by atoms with van der Waals surface area (Å²) in [5.41, 5.74) is 3.80. The fraction of sp³-hybridized carbons (Fsp3) is 0.545. The van der Waals surface area contributed by atoms with Crippen LogP contribution in [0.25, 0.3) is 11.0 Å². The number of Topliss-reactive ketones (excluding diaryl/α,β-unsaturated/α-hetero) is 1. The lowest BCUT2D eigenvalue weighted by atomic mass is 9.69. The number of nitrogens with zero attached hydrogens (tertiary/aromatic N) is 1. The molecule has 1 unspecified atom stereocenters. The number of ether oxygens (including phenoxy) is 1. The lowest BCUT2D eigenvalue weighted by Crippen LogP contribution is -2.44. The summed E-state index contributed by atoms with van der Waals surface area (Å²) in [6, 6.07) is 3.86. The van der Waals surface area contributed by atoms with E-state index < -0.39 is 11.7 Å². The Morgan fingerprint density at radius 3 is 2.44 bits per heavy atom. The molecule has 0 N–H and O–H groups in total. The molecule has 4 heterocycles. The number of fused-ring (bicyclic) bond motifs is 2. The van der Waals surface area contributed by atoms with Crippen molar-refractivity contribution in [3.63, 3.8) is 0 Å². The lowest BCUT2D eigenvalue weighted by molar-refractivity contribution is 0.0950. The first-order chi connectivity index (χ1) is 12.7. The van der Waals surface area contributed by atoms with Gasteiger partial charge in [0.15, 0.2) is 0 Å². The van der Waals surface area contributed by atoms with Gasteiger partial charge in [0.1, 0.15) is 17.3 Å². The fourth-order valence-corrected chi connectivity index (χ4v) is 4.70. The molecule has 1 fully saturated rings. The molecule has 1 atom stereocenters. The average molecular weight is 367 g/mol. The van der Waals surface area contributed by atoms with Gasteiger partial charge in [0, 0.05) is 29.7 Å². The first-order valence-corrected chi connectivity index (χ1v) is 9.76. The van der Waals surface area contributed by atoms with Crippen LogP contribution < -0.4 is 10.5 Å². The van der Waals surface area contributed by atoms with Crippen LogP contribution in [-0.2, 0) is 15.6 Å². The van der Waals surface area contributed by atoms with Crippen molar-refractivity contribution in [1.82, 2.24) is 0 Å². The molecule has 5 heteroatoms. The van der Waals surface area contributed by atoms with Crippen molar-refractivity contribution < 1.29 is 13.9 Å². The highest BCUT2D eigenvalue weighted by molar-refractivity contribution is 6.03. The van der Waals surface area contributed by atoms with Crippen LogP contribution >= 0.6 is 0 Å². The van der Waals surface area contributed by atoms with Crippen molar-refractivity contribution in [3.8, 4) is 0 Å². The molecule has 0 aliphatic carbocycles. The average Bonchev–Trinajstić information content (AvgIpc) is 3.43. The Kier molecular flexibility index (Phi) is 3.29. The van der Waals surface area contributed by atoms with Gasteiger partial charge in [-0.2, -0.15) is 0 Å². The van der Waals surface area contributed by atoms with Gasteiger partial charge in [-0.05, 0) is 41.4 Å². The molecule has 1 saturated heterocycles. The van der Waals surface area contributed by atoms with Crippen LogP contribution in [0, 0.1) is 0 Å². The summed E-state index contributed by atoms with van der Waals surface area (Å²) in [7, 11) is 0. The van der Waals surface area contributed by atoms with Crippen LogP contribution in [0.1, 0.15) is 62.0 Å². The van der Waals surface area contributed by atoms with E-state index in [1.807, 2.05) is 0 Å². The third-order valence-electron chi connectivity index (χ3n) is 6.62. The Labute approximate surface area is 158 Å². The Hall–Kier alpha value is -2.14. The largest absolute Gasteiger partial charge is 0.422 e. The molecule has 27 heavy (non-hydrogen) atoms. The minimum absolute atomic E-state index is 0.0438. The van der Waals surface area contributed by atoms with E-state index in [1.165, 1.54) is 11.3 Å². The lowest BCUT2D eigenvalue weighted by Gasteiger charge is -2.48. The predicted octanol–water partition coefficient (Wildman–Crippen LogP) is 3.54. The van der Waals surface area contributed by atoms with Crippen molar-refractivity contribution in [3.05, 3.63) is 39.2 Å². The fourth-order valence-electron chi connectivity index (χ4n) is 4.70. The van der Waals surface area contributed by atoms with E-state index in [-0.39, 0.29) is 22.2 Å². The molecule has 5 nitrogen and oxygen atoms in total. The van der Waals surface area contributed by atoms with Crippen molar-refractivity contribution in [2.24, 2.45) is 0 Å². The summed E-state index contributed by atoms with van der Waals surface area (Å²) in [4.78, 5) is 27.5. The van der Waals surface area contributed by atoms with E-state index in [0.29, 0.717) is 12.2 Å². The van der Waals surface area contributed by atoms with Gasteiger partial charge in [-0.25, -0.2) is 4.79 Å². The molecule has 0 saturated carbocycles. The molecule has 3 aliphatic heterocycles. The van der Waals surface area contributed by atoms with Crippen LogP contribution in [0.2, 0.25) is 0 Å². The van der Waals surface area contributed by atoms with Gasteiger partial charge in [-0.1, -0.05) is 27.7 Å². The standard InChI is InChI=1S/C22H25NO4/c1-21(2)5-7-23-8-6-22(3,4)16-17(23)14(21)10-12-9-13(18(24)15-11-26-15)20(25)27-19(12)16/h9-10,15H,5-8,11H2,1-4H3. The van der Waals surface area contributed by atoms with E-state index in [1.54, 1.807) is 6.07 Å². The molecule has 3 aliphatic rings. The number of rotatable bonds is 2. The number of benzene rings is 1. The maximum atomic E-state index is 12.6. The van der Waals surface area contributed by atoms with E-state index >= 15 is 0 Å². The molecule has 0 amide bonds. The zero-order chi connectivity index (χ0) is 19.1. The minimum Gasteiger partial charge on any atom is -0.422 e. The third-order valence-corrected chi connectivity index (χ3v) is 6.62. The molecular weight excluding hydrogens is 342 g/mol. The van der Waals surface area contributed by atoms with Crippen LogP contribution in [0.4, 0.5) is 5.69 Å². The molecule has 0 spiro atoms. The van der Waals surface area contributed by atoms with Gasteiger partial charge in [0.25, 0.3) is 0 Å². The predicted molar refractivity (Wildman–Crippen MR) is 104 cm³/mol. The molecule has 5 rings (SSSR count). The SMILES string of the molecule is CC1(C)CCN2CCC(C)(C)c3c2c1cc1cc(C(=O)C2CO2)c(=O)oc31. The molecule has 1 aromatic heterocycles. The summed E-state index contributed by atoms with van der Waals surface area (Å²) in [6.45, 7) is 11.4. The normalized spacial score (nSPS) is 24.6. The summed E-state index contributed by atoms with van der Waals surface area (Å²) in [5, 5.41) is 0.845. The molecule has 142 valence electrons. The quantitative estimate of drug-likeness (QED) is 0.461. The van der Waals surface area contributed by atoms with Crippen LogP contribution in [0.15, 0.2) is 21.3 Å². The first-order valence-electron chi connectivity index (χ1n) is 9.76. The van der Waals surface area contributed by atoms with Gasteiger partial charge in [-0.15, -0.1) is 0 Å². The highest BCUT2D eigenvalue weighted by atomic mass is 16.6. The number of hydrogen-bond acceptors (Lipinski definition) is 5. The molecule has 1 aromatic carbocycles. The first kappa shape index (κ1) is 17.0. The maximum absolute atomic E-state index is 12.6. The van der Waals surface area contributed by atoms with Gasteiger partial charge in [-0.3, -0.25) is 4.79 Å². The number of carbonyl (C=O) groups is 1. The summed E-state index contributed by atoms with van der Waals surface area (Å²) in [6.07, 6.45) is 1.62. The third kappa shape index (κ3) is 2.40. The Morgan fingerprint density at radius 1 is 1.11 bits per heavy atom. The zero-order valence-electron chi connectivity index (χ0n) is 16.3. The summed E-state index contributed by atoms with van der Waals surface area (Å²) >= 11 is 0. The van der Waals surface area contributed by atoms with Crippen molar-refractivity contribution in [1.29, 1.82) is 0 Å². The van der Waals surface area contributed by atoms with Gasteiger partial charge < -0.3 is 14.1 Å². The Morgan fingerprint density at radius 2 is 1.78 bits per heavy atom.